The van der Waals surface area contributed by atoms with Crippen molar-refractivity contribution in [1.29, 1.82) is 0 Å². The molecule has 0 spiro atoms. The van der Waals surface area contributed by atoms with Gasteiger partial charge in [0.15, 0.2) is 0 Å². The molecule has 0 aromatic carbocycles. The summed E-state index contributed by atoms with van der Waals surface area (Å²) >= 11 is 8.92. The van der Waals surface area contributed by atoms with E-state index >= 15 is 0 Å². The van der Waals surface area contributed by atoms with Crippen molar-refractivity contribution in [3.05, 3.63) is 0 Å². The fourth-order valence-corrected chi connectivity index (χ4v) is 2.08. The highest BCUT2D eigenvalue weighted by Crippen LogP contribution is 2.16. The predicted octanol–water partition coefficient (Wildman–Crippen LogP) is 1.61. The number of rotatable bonds is 1. The van der Waals surface area contributed by atoms with Crippen LogP contribution < -0.4 is 0 Å². The normalized spacial score (nSPS) is 25.3. The Morgan fingerprint density at radius 3 is 3.00 bits per heavy atom. The number of halogens is 2. The number of alkyl halides is 2. The van der Waals surface area contributed by atoms with Crippen LogP contribution in [0.3, 0.4) is 0 Å². The Balaban J connectivity index is 2.39. The molecule has 1 amide bonds. The Labute approximate surface area is 80.0 Å². The smallest absolute Gasteiger partial charge is 0.237 e. The minimum atomic E-state index is 0.0517. The molecular formula is C7H11BrClNO. The molecule has 2 nitrogen and oxygen atoms in total. The minimum absolute atomic E-state index is 0.0517. The molecule has 0 aromatic rings. The second-order valence-corrected chi connectivity index (χ2v) is 4.28. The van der Waals surface area contributed by atoms with Gasteiger partial charge in [-0.2, -0.15) is 0 Å². The van der Waals surface area contributed by atoms with Gasteiger partial charge in [0.25, 0.3) is 0 Å². The Morgan fingerprint density at radius 2 is 2.45 bits per heavy atom. The molecule has 64 valence electrons. The van der Waals surface area contributed by atoms with E-state index in [1.165, 1.54) is 0 Å². The first-order valence-corrected chi connectivity index (χ1v) is 5.17. The van der Waals surface area contributed by atoms with E-state index in [0.717, 1.165) is 25.9 Å². The molecule has 0 aliphatic carbocycles. The van der Waals surface area contributed by atoms with Crippen LogP contribution in [0.25, 0.3) is 0 Å². The number of carbonyl (C=O) groups is 1. The van der Waals surface area contributed by atoms with Gasteiger partial charge in [-0.25, -0.2) is 0 Å². The van der Waals surface area contributed by atoms with Gasteiger partial charge in [0.1, 0.15) is 5.88 Å². The first-order valence-electron chi connectivity index (χ1n) is 3.72. The molecule has 1 atom stereocenters. The largest absolute Gasteiger partial charge is 0.341 e. The number of carbonyl (C=O) groups excluding carboxylic acids is 1. The molecule has 0 saturated carbocycles. The fraction of sp³-hybridized carbons (Fsp3) is 0.857. The molecule has 0 bridgehead atoms. The van der Waals surface area contributed by atoms with E-state index in [0.29, 0.717) is 4.83 Å². The molecule has 0 N–H and O–H groups in total. The van der Waals surface area contributed by atoms with Crippen molar-refractivity contribution >= 4 is 33.4 Å². The van der Waals surface area contributed by atoms with Crippen molar-refractivity contribution in [3.63, 3.8) is 0 Å². The van der Waals surface area contributed by atoms with E-state index in [1.807, 2.05) is 4.90 Å². The summed E-state index contributed by atoms with van der Waals surface area (Å²) in [5.74, 6) is 0.163. The molecule has 4 heteroatoms. The summed E-state index contributed by atoms with van der Waals surface area (Å²) < 4.78 is 0. The maximum atomic E-state index is 11.1. The van der Waals surface area contributed by atoms with Gasteiger partial charge in [-0.15, -0.1) is 11.6 Å². The van der Waals surface area contributed by atoms with Crippen molar-refractivity contribution < 1.29 is 4.79 Å². The van der Waals surface area contributed by atoms with E-state index in [-0.39, 0.29) is 11.8 Å². The van der Waals surface area contributed by atoms with Crippen LogP contribution in [0.1, 0.15) is 12.8 Å². The van der Waals surface area contributed by atoms with Crippen molar-refractivity contribution in [1.82, 2.24) is 4.90 Å². The van der Waals surface area contributed by atoms with Crippen LogP contribution in [-0.2, 0) is 4.79 Å². The van der Waals surface area contributed by atoms with Crippen LogP contribution in [0, 0.1) is 0 Å². The quantitative estimate of drug-likeness (QED) is 0.638. The average molecular weight is 241 g/mol. The first kappa shape index (κ1) is 9.33. The number of amides is 1. The number of hydrogen-bond donors (Lipinski definition) is 0. The molecule has 1 rings (SSSR count). The highest BCUT2D eigenvalue weighted by atomic mass is 79.9. The van der Waals surface area contributed by atoms with Crippen LogP contribution in [0.5, 0.6) is 0 Å². The average Bonchev–Trinajstić information content (AvgIpc) is 2.03. The third kappa shape index (κ3) is 2.64. The number of nitrogens with zero attached hydrogens (tertiary/aromatic N) is 1. The van der Waals surface area contributed by atoms with Gasteiger partial charge in [0, 0.05) is 17.9 Å². The molecule has 1 fully saturated rings. The minimum Gasteiger partial charge on any atom is -0.341 e. The first-order chi connectivity index (χ1) is 5.24. The predicted molar refractivity (Wildman–Crippen MR) is 49.2 cm³/mol. The van der Waals surface area contributed by atoms with E-state index in [2.05, 4.69) is 15.9 Å². The van der Waals surface area contributed by atoms with Crippen molar-refractivity contribution in [3.8, 4) is 0 Å². The summed E-state index contributed by atoms with van der Waals surface area (Å²) in [5, 5.41) is 0. The molecule has 0 radical (unpaired) electrons. The van der Waals surface area contributed by atoms with Crippen LogP contribution in [-0.4, -0.2) is 34.6 Å². The Hall–Kier alpha value is 0.240. The van der Waals surface area contributed by atoms with Gasteiger partial charge < -0.3 is 4.90 Å². The number of piperidine rings is 1. The van der Waals surface area contributed by atoms with Gasteiger partial charge in [-0.05, 0) is 12.8 Å². The molecule has 1 saturated heterocycles. The summed E-state index contributed by atoms with van der Waals surface area (Å²) in [6.07, 6.45) is 2.24. The lowest BCUT2D eigenvalue weighted by atomic mass is 10.1. The van der Waals surface area contributed by atoms with E-state index < -0.39 is 0 Å². The maximum Gasteiger partial charge on any atom is 0.237 e. The molecule has 11 heavy (non-hydrogen) atoms. The van der Waals surface area contributed by atoms with Crippen LogP contribution in [0.4, 0.5) is 0 Å². The zero-order valence-electron chi connectivity index (χ0n) is 6.22. The summed E-state index contributed by atoms with van der Waals surface area (Å²) in [4.78, 5) is 13.4. The van der Waals surface area contributed by atoms with Crippen molar-refractivity contribution in [2.45, 2.75) is 17.7 Å². The Kier molecular flexibility index (Phi) is 3.66. The lowest BCUT2D eigenvalue weighted by Crippen LogP contribution is -2.40. The molecular weight excluding hydrogens is 229 g/mol. The fourth-order valence-electron chi connectivity index (χ4n) is 1.24. The number of likely N-dealkylation sites (tertiary alicyclic amines) is 1. The third-order valence-electron chi connectivity index (χ3n) is 1.83. The second kappa shape index (κ2) is 4.31. The highest BCUT2D eigenvalue weighted by molar-refractivity contribution is 9.09. The Bertz CT molecular complexity index is 153. The van der Waals surface area contributed by atoms with Gasteiger partial charge in [0.2, 0.25) is 5.91 Å². The van der Waals surface area contributed by atoms with Crippen LogP contribution in [0.2, 0.25) is 0 Å². The van der Waals surface area contributed by atoms with Crippen molar-refractivity contribution in [2.75, 3.05) is 19.0 Å². The molecule has 0 aromatic heterocycles. The molecule has 0 unspecified atom stereocenters. The zero-order valence-corrected chi connectivity index (χ0v) is 8.57. The Morgan fingerprint density at radius 1 is 1.73 bits per heavy atom. The monoisotopic (exact) mass is 239 g/mol. The maximum absolute atomic E-state index is 11.1. The number of hydrogen-bond acceptors (Lipinski definition) is 1. The van der Waals surface area contributed by atoms with Crippen molar-refractivity contribution in [2.24, 2.45) is 0 Å². The highest BCUT2D eigenvalue weighted by Gasteiger charge is 2.20. The standard InChI is InChI=1S/C7H11BrClNO/c8-6-2-1-3-10(5-6)7(11)4-9/h6H,1-5H2/t6-/m0/s1. The van der Waals surface area contributed by atoms with Crippen LogP contribution >= 0.6 is 27.5 Å². The van der Waals surface area contributed by atoms with E-state index in [1.54, 1.807) is 0 Å². The SMILES string of the molecule is O=C(CCl)N1CCC[C@H](Br)C1. The summed E-state index contributed by atoms with van der Waals surface area (Å²) in [6.45, 7) is 1.68. The van der Waals surface area contributed by atoms with Crippen LogP contribution in [0.15, 0.2) is 0 Å². The summed E-state index contributed by atoms with van der Waals surface area (Å²) in [5.41, 5.74) is 0. The van der Waals surface area contributed by atoms with E-state index in [9.17, 15) is 4.79 Å². The zero-order chi connectivity index (χ0) is 8.27. The molecule has 1 heterocycles. The van der Waals surface area contributed by atoms with Gasteiger partial charge in [0.05, 0.1) is 0 Å². The molecule has 1 aliphatic rings. The summed E-state index contributed by atoms with van der Waals surface area (Å²) in [6, 6.07) is 0. The lowest BCUT2D eigenvalue weighted by molar-refractivity contribution is -0.129. The lowest BCUT2D eigenvalue weighted by Gasteiger charge is -2.29. The van der Waals surface area contributed by atoms with Gasteiger partial charge in [-0.3, -0.25) is 4.79 Å². The topological polar surface area (TPSA) is 20.3 Å². The second-order valence-electron chi connectivity index (χ2n) is 2.71. The molecule has 1 aliphatic heterocycles. The third-order valence-corrected chi connectivity index (χ3v) is 2.81. The van der Waals surface area contributed by atoms with Gasteiger partial charge in [-0.1, -0.05) is 15.9 Å². The summed E-state index contributed by atoms with van der Waals surface area (Å²) in [7, 11) is 0. The van der Waals surface area contributed by atoms with E-state index in [4.69, 9.17) is 11.6 Å². The van der Waals surface area contributed by atoms with Gasteiger partial charge >= 0.3 is 0 Å².